The summed E-state index contributed by atoms with van der Waals surface area (Å²) in [5.41, 5.74) is -0.0850. The number of hydrogen-bond acceptors (Lipinski definition) is 3. The van der Waals surface area contributed by atoms with E-state index in [9.17, 15) is 4.79 Å². The maximum Gasteiger partial charge on any atom is 0.357 e. The highest BCUT2D eigenvalue weighted by Crippen LogP contribution is 2.29. The number of hydrogen-bond donors (Lipinski definition) is 1. The number of carboxylic acids is 1. The molecular formula is C9H9ClN2O2S. The van der Waals surface area contributed by atoms with Gasteiger partial charge in [-0.1, -0.05) is 25.4 Å². The number of aromatic carboxylic acids is 1. The maximum absolute atomic E-state index is 10.8. The van der Waals surface area contributed by atoms with Crippen LogP contribution >= 0.6 is 22.9 Å². The van der Waals surface area contributed by atoms with Crippen LogP contribution in [0.5, 0.6) is 0 Å². The first-order valence-electron chi connectivity index (χ1n) is 4.41. The van der Waals surface area contributed by atoms with E-state index in [-0.39, 0.29) is 10.8 Å². The minimum absolute atomic E-state index is 0.0850. The second kappa shape index (κ2) is 3.50. The number of carboxylic acid groups (broad SMARTS) is 1. The Balaban J connectivity index is 2.62. The molecule has 2 rings (SSSR count). The Morgan fingerprint density at radius 2 is 2.33 bits per heavy atom. The van der Waals surface area contributed by atoms with Crippen LogP contribution < -0.4 is 0 Å². The van der Waals surface area contributed by atoms with Crippen molar-refractivity contribution < 1.29 is 9.90 Å². The quantitative estimate of drug-likeness (QED) is 0.884. The topological polar surface area (TPSA) is 54.6 Å². The van der Waals surface area contributed by atoms with Gasteiger partial charge in [-0.25, -0.2) is 9.78 Å². The monoisotopic (exact) mass is 244 g/mol. The molecule has 15 heavy (non-hydrogen) atoms. The molecule has 0 fully saturated rings. The van der Waals surface area contributed by atoms with Crippen molar-refractivity contribution >= 4 is 33.9 Å². The molecule has 2 aromatic heterocycles. The summed E-state index contributed by atoms with van der Waals surface area (Å²) in [7, 11) is 0. The Morgan fingerprint density at radius 1 is 1.67 bits per heavy atom. The van der Waals surface area contributed by atoms with Gasteiger partial charge < -0.3 is 5.11 Å². The molecule has 0 radical (unpaired) electrons. The first-order valence-corrected chi connectivity index (χ1v) is 5.60. The number of aromatic nitrogens is 2. The first kappa shape index (κ1) is 10.4. The van der Waals surface area contributed by atoms with E-state index in [2.05, 4.69) is 18.8 Å². The Morgan fingerprint density at radius 3 is 2.80 bits per heavy atom. The lowest BCUT2D eigenvalue weighted by atomic mass is 10.2. The van der Waals surface area contributed by atoms with Crippen LogP contribution in [-0.4, -0.2) is 20.5 Å². The van der Waals surface area contributed by atoms with Gasteiger partial charge in [0, 0.05) is 11.1 Å². The van der Waals surface area contributed by atoms with Crippen LogP contribution in [-0.2, 0) is 0 Å². The van der Waals surface area contributed by atoms with Crippen molar-refractivity contribution in [1.82, 2.24) is 9.38 Å². The predicted molar refractivity (Wildman–Crippen MR) is 59.1 cm³/mol. The summed E-state index contributed by atoms with van der Waals surface area (Å²) < 4.78 is 1.62. The average molecular weight is 245 g/mol. The zero-order valence-electron chi connectivity index (χ0n) is 8.19. The van der Waals surface area contributed by atoms with Crippen LogP contribution in [0.25, 0.3) is 4.96 Å². The molecule has 0 aliphatic carbocycles. The van der Waals surface area contributed by atoms with Gasteiger partial charge in [0.15, 0.2) is 10.7 Å². The highest BCUT2D eigenvalue weighted by atomic mass is 35.5. The van der Waals surface area contributed by atoms with E-state index < -0.39 is 5.97 Å². The fraction of sp³-hybridized carbons (Fsp3) is 0.333. The zero-order valence-corrected chi connectivity index (χ0v) is 9.76. The van der Waals surface area contributed by atoms with Gasteiger partial charge in [-0.15, -0.1) is 11.3 Å². The van der Waals surface area contributed by atoms with Crippen molar-refractivity contribution in [2.24, 2.45) is 0 Å². The number of fused-ring (bicyclic) bond motifs is 1. The lowest BCUT2D eigenvalue weighted by molar-refractivity contribution is 0.0691. The molecule has 0 aromatic carbocycles. The van der Waals surface area contributed by atoms with E-state index in [1.54, 1.807) is 4.40 Å². The largest absolute Gasteiger partial charge is 0.476 e. The van der Waals surface area contributed by atoms with Gasteiger partial charge in [0.05, 0.1) is 0 Å². The van der Waals surface area contributed by atoms with E-state index in [4.69, 9.17) is 16.7 Å². The summed E-state index contributed by atoms with van der Waals surface area (Å²) in [6, 6.07) is 0. The Labute approximate surface area is 95.1 Å². The molecule has 0 unspecified atom stereocenters. The molecule has 0 atom stereocenters. The highest BCUT2D eigenvalue weighted by Gasteiger charge is 2.19. The molecule has 80 valence electrons. The number of halogens is 1. The molecule has 6 heteroatoms. The van der Waals surface area contributed by atoms with Crippen molar-refractivity contribution in [3.05, 3.63) is 21.9 Å². The standard InChI is InChI=1S/C9H9ClN2O2S/c1-4(2)5-3-12-7(10)6(8(13)14)11-9(12)15-5/h3-4H,1-2H3,(H,13,14). The SMILES string of the molecule is CC(C)c1cn2c(Cl)c(C(=O)O)nc2s1. The van der Waals surface area contributed by atoms with Gasteiger partial charge in [-0.05, 0) is 5.92 Å². The van der Waals surface area contributed by atoms with Gasteiger partial charge in [-0.2, -0.15) is 0 Å². The van der Waals surface area contributed by atoms with Crippen LogP contribution in [0.15, 0.2) is 6.20 Å². The summed E-state index contributed by atoms with van der Waals surface area (Å²) in [6.07, 6.45) is 1.84. The molecule has 0 aliphatic heterocycles. The zero-order chi connectivity index (χ0) is 11.2. The van der Waals surface area contributed by atoms with E-state index in [1.807, 2.05) is 6.20 Å². The number of imidazole rings is 1. The van der Waals surface area contributed by atoms with Gasteiger partial charge in [-0.3, -0.25) is 4.40 Å². The third kappa shape index (κ3) is 1.61. The number of carbonyl (C=O) groups is 1. The third-order valence-electron chi connectivity index (χ3n) is 2.06. The van der Waals surface area contributed by atoms with Gasteiger partial charge in [0.1, 0.15) is 5.15 Å². The number of nitrogens with zero attached hydrogens (tertiary/aromatic N) is 2. The van der Waals surface area contributed by atoms with Crippen LogP contribution in [0.2, 0.25) is 5.15 Å². The summed E-state index contributed by atoms with van der Waals surface area (Å²) in [5.74, 6) is -0.706. The van der Waals surface area contributed by atoms with E-state index in [1.165, 1.54) is 11.3 Å². The molecule has 2 aromatic rings. The van der Waals surface area contributed by atoms with Gasteiger partial charge in [0.2, 0.25) is 0 Å². The van der Waals surface area contributed by atoms with Crippen LogP contribution in [0.3, 0.4) is 0 Å². The number of rotatable bonds is 2. The molecule has 4 nitrogen and oxygen atoms in total. The molecular weight excluding hydrogens is 236 g/mol. The Kier molecular flexibility index (Phi) is 2.44. The minimum atomic E-state index is -1.10. The summed E-state index contributed by atoms with van der Waals surface area (Å²) in [6.45, 7) is 4.13. The summed E-state index contributed by atoms with van der Waals surface area (Å²) >= 11 is 7.36. The minimum Gasteiger partial charge on any atom is -0.476 e. The predicted octanol–water partition coefficient (Wildman–Crippen LogP) is 2.87. The highest BCUT2D eigenvalue weighted by molar-refractivity contribution is 7.17. The molecule has 0 saturated heterocycles. The number of thiazole rings is 1. The molecule has 0 amide bonds. The third-order valence-corrected chi connectivity index (χ3v) is 3.70. The molecule has 0 saturated carbocycles. The summed E-state index contributed by atoms with van der Waals surface area (Å²) in [4.78, 5) is 16.5. The van der Waals surface area contributed by atoms with Crippen molar-refractivity contribution in [3.63, 3.8) is 0 Å². The molecule has 2 heterocycles. The van der Waals surface area contributed by atoms with Crippen molar-refractivity contribution in [3.8, 4) is 0 Å². The van der Waals surface area contributed by atoms with Crippen LogP contribution in [0, 0.1) is 0 Å². The van der Waals surface area contributed by atoms with Gasteiger partial charge in [0.25, 0.3) is 0 Å². The van der Waals surface area contributed by atoms with Gasteiger partial charge >= 0.3 is 5.97 Å². The lowest BCUT2D eigenvalue weighted by Crippen LogP contribution is -1.97. The smallest absolute Gasteiger partial charge is 0.357 e. The average Bonchev–Trinajstić information content (AvgIpc) is 2.65. The van der Waals surface area contributed by atoms with Crippen molar-refractivity contribution in [1.29, 1.82) is 0 Å². The lowest BCUT2D eigenvalue weighted by Gasteiger charge is -1.96. The van der Waals surface area contributed by atoms with E-state index in [0.29, 0.717) is 10.9 Å². The van der Waals surface area contributed by atoms with E-state index >= 15 is 0 Å². The second-order valence-corrected chi connectivity index (χ2v) is 4.90. The Bertz CT molecular complexity index is 529. The molecule has 0 spiro atoms. The fourth-order valence-electron chi connectivity index (χ4n) is 1.24. The normalized spacial score (nSPS) is 11.5. The summed E-state index contributed by atoms with van der Waals surface area (Å²) in [5, 5.41) is 8.98. The molecule has 1 N–H and O–H groups in total. The fourth-order valence-corrected chi connectivity index (χ4v) is 2.53. The molecule has 0 bridgehead atoms. The Hall–Kier alpha value is -1.07. The van der Waals surface area contributed by atoms with Crippen LogP contribution in [0.4, 0.5) is 0 Å². The maximum atomic E-state index is 10.8. The molecule has 0 aliphatic rings. The van der Waals surface area contributed by atoms with E-state index in [0.717, 1.165) is 4.88 Å². The van der Waals surface area contributed by atoms with Crippen molar-refractivity contribution in [2.45, 2.75) is 19.8 Å². The second-order valence-electron chi connectivity index (χ2n) is 3.50. The first-order chi connectivity index (χ1) is 7.00. The van der Waals surface area contributed by atoms with Crippen molar-refractivity contribution in [2.75, 3.05) is 0 Å². The van der Waals surface area contributed by atoms with Crippen LogP contribution in [0.1, 0.15) is 35.1 Å².